The number of fused-ring (bicyclic) bond motifs is 1. The molecule has 0 bridgehead atoms. The van der Waals surface area contributed by atoms with Gasteiger partial charge in [0.1, 0.15) is 6.29 Å². The molecule has 0 radical (unpaired) electrons. The van der Waals surface area contributed by atoms with E-state index in [1.165, 1.54) is 10.9 Å². The molecule has 21 heavy (non-hydrogen) atoms. The van der Waals surface area contributed by atoms with Gasteiger partial charge in [0, 0.05) is 5.02 Å². The fourth-order valence-corrected chi connectivity index (χ4v) is 2.41. The molecule has 1 aromatic heterocycles. The van der Waals surface area contributed by atoms with Crippen LogP contribution in [0.15, 0.2) is 53.6 Å². The highest BCUT2D eigenvalue weighted by molar-refractivity contribution is 6.30. The second-order valence-corrected chi connectivity index (χ2v) is 5.01. The van der Waals surface area contributed by atoms with Crippen LogP contribution in [0.1, 0.15) is 0 Å². The highest BCUT2D eigenvalue weighted by atomic mass is 35.5. The van der Waals surface area contributed by atoms with Crippen LogP contribution in [0.3, 0.4) is 0 Å². The number of rotatable bonds is 3. The van der Waals surface area contributed by atoms with E-state index in [4.69, 9.17) is 11.6 Å². The minimum absolute atomic E-state index is 0.00325. The highest BCUT2D eigenvalue weighted by Crippen LogP contribution is 2.26. The van der Waals surface area contributed by atoms with E-state index in [1.54, 1.807) is 18.2 Å². The molecule has 0 saturated carbocycles. The van der Waals surface area contributed by atoms with Crippen molar-refractivity contribution in [2.24, 2.45) is 0 Å². The third-order valence-corrected chi connectivity index (χ3v) is 3.53. The Balaban J connectivity index is 2.32. The summed E-state index contributed by atoms with van der Waals surface area (Å²) in [6.45, 7) is -0.00325. The first-order valence-corrected chi connectivity index (χ1v) is 6.76. The molecule has 0 aliphatic heterocycles. The number of carbonyl (C=O) groups excluding carboxylic acids is 1. The lowest BCUT2D eigenvalue weighted by molar-refractivity contribution is -0.108. The molecule has 0 unspecified atom stereocenters. The van der Waals surface area contributed by atoms with Gasteiger partial charge in [0.15, 0.2) is 0 Å². The Kier molecular flexibility index (Phi) is 3.54. The molecule has 0 aliphatic rings. The van der Waals surface area contributed by atoms with Gasteiger partial charge in [-0.2, -0.15) is 0 Å². The van der Waals surface area contributed by atoms with Crippen molar-refractivity contribution in [3.63, 3.8) is 0 Å². The zero-order chi connectivity index (χ0) is 14.8. The average Bonchev–Trinajstić information content (AvgIpc) is 2.51. The van der Waals surface area contributed by atoms with Gasteiger partial charge in [0.05, 0.1) is 23.8 Å². The van der Waals surface area contributed by atoms with Crippen molar-refractivity contribution in [3.8, 4) is 11.1 Å². The molecule has 3 aromatic rings. The van der Waals surface area contributed by atoms with Crippen LogP contribution in [0.25, 0.3) is 22.0 Å². The van der Waals surface area contributed by atoms with Crippen LogP contribution in [0.2, 0.25) is 5.02 Å². The number of nitrogens with zero attached hydrogens (tertiary/aromatic N) is 2. The molecule has 0 amide bonds. The molecule has 0 aliphatic carbocycles. The normalized spacial score (nSPS) is 10.7. The fourth-order valence-electron chi connectivity index (χ4n) is 2.28. The monoisotopic (exact) mass is 298 g/mol. The fraction of sp³-hybridized carbons (Fsp3) is 0.0625. The number of aromatic nitrogens is 2. The summed E-state index contributed by atoms with van der Waals surface area (Å²) in [5, 5.41) is 1.14. The van der Waals surface area contributed by atoms with Crippen LogP contribution in [0.5, 0.6) is 0 Å². The SMILES string of the molecule is O=CCn1cnc2cccc(-c3ccc(Cl)cc3)c2c1=O. The number of aldehydes is 1. The summed E-state index contributed by atoms with van der Waals surface area (Å²) in [6, 6.07) is 12.7. The Morgan fingerprint density at radius 2 is 1.90 bits per heavy atom. The van der Waals surface area contributed by atoms with E-state index < -0.39 is 0 Å². The summed E-state index contributed by atoms with van der Waals surface area (Å²) < 4.78 is 1.30. The van der Waals surface area contributed by atoms with Crippen LogP contribution in [0.4, 0.5) is 0 Å². The Morgan fingerprint density at radius 1 is 1.14 bits per heavy atom. The molecule has 0 fully saturated rings. The highest BCUT2D eigenvalue weighted by Gasteiger charge is 2.10. The molecule has 0 N–H and O–H groups in total. The first-order chi connectivity index (χ1) is 10.2. The molecule has 2 aromatic carbocycles. The predicted octanol–water partition coefficient (Wildman–Crippen LogP) is 2.92. The molecule has 1 heterocycles. The topological polar surface area (TPSA) is 52.0 Å². The van der Waals surface area contributed by atoms with Crippen LogP contribution >= 0.6 is 11.6 Å². The summed E-state index contributed by atoms with van der Waals surface area (Å²) in [4.78, 5) is 27.4. The minimum Gasteiger partial charge on any atom is -0.301 e. The largest absolute Gasteiger partial charge is 0.301 e. The van der Waals surface area contributed by atoms with E-state index in [9.17, 15) is 9.59 Å². The zero-order valence-electron chi connectivity index (χ0n) is 11.0. The van der Waals surface area contributed by atoms with Crippen molar-refractivity contribution >= 4 is 28.8 Å². The van der Waals surface area contributed by atoms with Gasteiger partial charge in [-0.05, 0) is 29.3 Å². The number of hydrogen-bond donors (Lipinski definition) is 0. The van der Waals surface area contributed by atoms with Crippen molar-refractivity contribution < 1.29 is 4.79 Å². The smallest absolute Gasteiger partial charge is 0.262 e. The Labute approximate surface area is 125 Å². The molecule has 0 spiro atoms. The summed E-state index contributed by atoms with van der Waals surface area (Å²) in [6.07, 6.45) is 2.07. The van der Waals surface area contributed by atoms with Gasteiger partial charge in [-0.1, -0.05) is 35.9 Å². The quantitative estimate of drug-likeness (QED) is 0.699. The molecular formula is C16H11ClN2O2. The van der Waals surface area contributed by atoms with Gasteiger partial charge < -0.3 is 4.79 Å². The second-order valence-electron chi connectivity index (χ2n) is 4.58. The Bertz CT molecular complexity index is 870. The number of carbonyl (C=O) groups is 1. The lowest BCUT2D eigenvalue weighted by atomic mass is 10.0. The third kappa shape index (κ3) is 2.45. The predicted molar refractivity (Wildman–Crippen MR) is 82.5 cm³/mol. The molecule has 5 heteroatoms. The molecular weight excluding hydrogens is 288 g/mol. The van der Waals surface area contributed by atoms with E-state index in [0.29, 0.717) is 22.2 Å². The van der Waals surface area contributed by atoms with E-state index in [-0.39, 0.29) is 12.1 Å². The third-order valence-electron chi connectivity index (χ3n) is 3.28. The van der Waals surface area contributed by atoms with Crippen molar-refractivity contribution in [2.45, 2.75) is 6.54 Å². The van der Waals surface area contributed by atoms with Crippen LogP contribution in [-0.2, 0) is 11.3 Å². The maximum Gasteiger partial charge on any atom is 0.262 e. The van der Waals surface area contributed by atoms with Gasteiger partial charge in [0.2, 0.25) is 0 Å². The number of halogens is 1. The van der Waals surface area contributed by atoms with Gasteiger partial charge in [-0.15, -0.1) is 0 Å². The molecule has 0 saturated heterocycles. The number of hydrogen-bond acceptors (Lipinski definition) is 3. The standard InChI is InChI=1S/C16H11ClN2O2/c17-12-6-4-11(5-7-12)13-2-1-3-14-15(13)16(21)19(8-9-20)10-18-14/h1-7,9-10H,8H2. The van der Waals surface area contributed by atoms with Crippen molar-refractivity contribution in [2.75, 3.05) is 0 Å². The van der Waals surface area contributed by atoms with Crippen LogP contribution in [0, 0.1) is 0 Å². The van der Waals surface area contributed by atoms with Crippen molar-refractivity contribution in [3.05, 3.63) is 64.2 Å². The lowest BCUT2D eigenvalue weighted by Crippen LogP contribution is -2.21. The average molecular weight is 299 g/mol. The molecule has 3 rings (SSSR count). The summed E-state index contributed by atoms with van der Waals surface area (Å²) in [5.74, 6) is 0. The van der Waals surface area contributed by atoms with Crippen molar-refractivity contribution in [1.82, 2.24) is 9.55 Å². The molecule has 0 atom stereocenters. The zero-order valence-corrected chi connectivity index (χ0v) is 11.7. The molecule has 4 nitrogen and oxygen atoms in total. The summed E-state index contributed by atoms with van der Waals surface area (Å²) >= 11 is 5.90. The van der Waals surface area contributed by atoms with Crippen molar-refractivity contribution in [1.29, 1.82) is 0 Å². The minimum atomic E-state index is -0.224. The van der Waals surface area contributed by atoms with Gasteiger partial charge in [-0.25, -0.2) is 4.98 Å². The Hall–Kier alpha value is -2.46. The van der Waals surface area contributed by atoms with E-state index >= 15 is 0 Å². The maximum absolute atomic E-state index is 12.5. The van der Waals surface area contributed by atoms with Gasteiger partial charge in [-0.3, -0.25) is 9.36 Å². The van der Waals surface area contributed by atoms with E-state index in [0.717, 1.165) is 11.1 Å². The van der Waals surface area contributed by atoms with Gasteiger partial charge >= 0.3 is 0 Å². The summed E-state index contributed by atoms with van der Waals surface area (Å²) in [5.41, 5.74) is 2.04. The van der Waals surface area contributed by atoms with Gasteiger partial charge in [0.25, 0.3) is 5.56 Å². The maximum atomic E-state index is 12.5. The second kappa shape index (κ2) is 5.50. The number of benzene rings is 2. The first-order valence-electron chi connectivity index (χ1n) is 6.38. The first kappa shape index (κ1) is 13.5. The van der Waals surface area contributed by atoms with Crippen LogP contribution < -0.4 is 5.56 Å². The summed E-state index contributed by atoms with van der Waals surface area (Å²) in [7, 11) is 0. The van der Waals surface area contributed by atoms with Crippen LogP contribution in [-0.4, -0.2) is 15.8 Å². The molecule has 104 valence electrons. The Morgan fingerprint density at radius 3 is 2.62 bits per heavy atom. The van der Waals surface area contributed by atoms with E-state index in [1.807, 2.05) is 24.3 Å². The van der Waals surface area contributed by atoms with E-state index in [2.05, 4.69) is 4.98 Å². The lowest BCUT2D eigenvalue weighted by Gasteiger charge is -2.08.